The lowest BCUT2D eigenvalue weighted by molar-refractivity contribution is 0.0436. The van der Waals surface area contributed by atoms with E-state index in [1.807, 2.05) is 0 Å². The van der Waals surface area contributed by atoms with E-state index in [-0.39, 0.29) is 36.1 Å². The molecular formula is C20H35IN4O2S. The van der Waals surface area contributed by atoms with Crippen molar-refractivity contribution >= 4 is 41.7 Å². The highest BCUT2D eigenvalue weighted by atomic mass is 127. The summed E-state index contributed by atoms with van der Waals surface area (Å²) in [6.07, 6.45) is 6.72. The first-order valence-corrected chi connectivity index (χ1v) is 11.3. The van der Waals surface area contributed by atoms with Gasteiger partial charge in [-0.25, -0.2) is 4.99 Å². The van der Waals surface area contributed by atoms with Gasteiger partial charge in [-0.1, -0.05) is 12.8 Å². The van der Waals surface area contributed by atoms with Crippen LogP contribution in [0.4, 0.5) is 0 Å². The van der Waals surface area contributed by atoms with Gasteiger partial charge >= 0.3 is 0 Å². The van der Waals surface area contributed by atoms with Crippen molar-refractivity contribution in [3.05, 3.63) is 24.2 Å². The Morgan fingerprint density at radius 1 is 1.32 bits per heavy atom. The summed E-state index contributed by atoms with van der Waals surface area (Å²) in [4.78, 5) is 7.34. The van der Waals surface area contributed by atoms with Gasteiger partial charge in [0.25, 0.3) is 0 Å². The van der Waals surface area contributed by atoms with Gasteiger partial charge in [-0.05, 0) is 38.8 Å². The number of rotatable bonds is 7. The number of aliphatic imine (C=N–C) groups is 1. The largest absolute Gasteiger partial charge is 0.466 e. The van der Waals surface area contributed by atoms with Crippen LogP contribution in [-0.4, -0.2) is 65.7 Å². The molecule has 1 atom stereocenters. The summed E-state index contributed by atoms with van der Waals surface area (Å²) in [6.45, 7) is 8.13. The van der Waals surface area contributed by atoms with E-state index >= 15 is 0 Å². The zero-order chi connectivity index (χ0) is 19.2. The summed E-state index contributed by atoms with van der Waals surface area (Å²) >= 11 is 2.06. The van der Waals surface area contributed by atoms with Crippen LogP contribution in [0.1, 0.15) is 45.3 Å². The molecule has 1 saturated carbocycles. The van der Waals surface area contributed by atoms with Crippen LogP contribution in [0.3, 0.4) is 0 Å². The average Bonchev–Trinajstić information content (AvgIpc) is 3.38. The Hall–Kier alpha value is -0.450. The highest BCUT2D eigenvalue weighted by molar-refractivity contribution is 14.0. The normalized spacial score (nSPS) is 22.3. The third-order valence-electron chi connectivity index (χ3n) is 5.74. The fraction of sp³-hybridized carbons (Fsp3) is 0.750. The Morgan fingerprint density at radius 3 is 2.64 bits per heavy atom. The molecule has 1 aliphatic carbocycles. The number of nitrogens with zero attached hydrogens (tertiary/aromatic N) is 2. The lowest BCUT2D eigenvalue weighted by Gasteiger charge is -2.43. The number of nitrogens with one attached hydrogen (secondary N) is 2. The fourth-order valence-electron chi connectivity index (χ4n) is 4.16. The van der Waals surface area contributed by atoms with Crippen LogP contribution in [0.2, 0.25) is 0 Å². The molecule has 28 heavy (non-hydrogen) atoms. The molecule has 1 saturated heterocycles. The molecule has 1 aromatic rings. The summed E-state index contributed by atoms with van der Waals surface area (Å²) < 4.78 is 5.36. The maximum Gasteiger partial charge on any atom is 0.191 e. The number of guanidine groups is 1. The molecule has 0 bridgehead atoms. The molecule has 3 rings (SSSR count). The van der Waals surface area contributed by atoms with E-state index in [1.165, 1.54) is 50.3 Å². The SMILES string of the molecule is CCNC(=NCC(C)(O)c1ccco1)NCC1(N2CCSCC2)CCCC1.I. The second-order valence-corrected chi connectivity index (χ2v) is 9.06. The molecule has 8 heteroatoms. The zero-order valence-corrected chi connectivity index (χ0v) is 20.2. The molecule has 1 aliphatic heterocycles. The predicted molar refractivity (Wildman–Crippen MR) is 128 cm³/mol. The second-order valence-electron chi connectivity index (χ2n) is 7.83. The number of thioether (sulfide) groups is 1. The van der Waals surface area contributed by atoms with Crippen LogP contribution >= 0.6 is 35.7 Å². The maximum atomic E-state index is 10.7. The Morgan fingerprint density at radius 2 is 2.04 bits per heavy atom. The molecule has 160 valence electrons. The first kappa shape index (κ1) is 23.8. The molecular weight excluding hydrogens is 487 g/mol. The van der Waals surface area contributed by atoms with Crippen LogP contribution in [0, 0.1) is 0 Å². The van der Waals surface area contributed by atoms with Crippen LogP contribution in [0.5, 0.6) is 0 Å². The number of hydrogen-bond acceptors (Lipinski definition) is 5. The Kier molecular flexibility index (Phi) is 9.43. The average molecular weight is 522 g/mol. The fourth-order valence-corrected chi connectivity index (χ4v) is 5.06. The molecule has 2 fully saturated rings. The molecule has 1 aromatic heterocycles. The van der Waals surface area contributed by atoms with Gasteiger partial charge < -0.3 is 20.2 Å². The van der Waals surface area contributed by atoms with Gasteiger partial charge in [0.1, 0.15) is 11.4 Å². The molecule has 0 aromatic carbocycles. The molecule has 3 N–H and O–H groups in total. The molecule has 2 heterocycles. The number of furan rings is 1. The maximum absolute atomic E-state index is 10.7. The zero-order valence-electron chi connectivity index (χ0n) is 17.1. The van der Waals surface area contributed by atoms with Crippen molar-refractivity contribution in [1.29, 1.82) is 0 Å². The monoisotopic (exact) mass is 522 g/mol. The molecule has 6 nitrogen and oxygen atoms in total. The van der Waals surface area contributed by atoms with E-state index in [2.05, 4.69) is 39.2 Å². The van der Waals surface area contributed by atoms with E-state index < -0.39 is 5.60 Å². The van der Waals surface area contributed by atoms with Crippen molar-refractivity contribution in [3.63, 3.8) is 0 Å². The lowest BCUT2D eigenvalue weighted by atomic mass is 9.94. The topological polar surface area (TPSA) is 73.0 Å². The van der Waals surface area contributed by atoms with Crippen LogP contribution in [-0.2, 0) is 5.60 Å². The van der Waals surface area contributed by atoms with Crippen molar-refractivity contribution in [2.24, 2.45) is 4.99 Å². The van der Waals surface area contributed by atoms with Gasteiger partial charge in [0.2, 0.25) is 0 Å². The standard InChI is InChI=1S/C20H34N4O2S.HI/c1-3-21-18(22-15-19(2,25)17-7-6-12-26-17)23-16-20(8-4-5-9-20)24-10-13-27-14-11-24;/h6-7,12,25H,3-5,8-11,13-16H2,1-2H3,(H2,21,22,23);1H. The highest BCUT2D eigenvalue weighted by Crippen LogP contribution is 2.36. The number of aliphatic hydroxyl groups is 1. The van der Waals surface area contributed by atoms with Crippen LogP contribution < -0.4 is 10.6 Å². The van der Waals surface area contributed by atoms with E-state index in [0.29, 0.717) is 5.76 Å². The van der Waals surface area contributed by atoms with E-state index in [9.17, 15) is 5.11 Å². The Bertz CT molecular complexity index is 597. The molecule has 0 radical (unpaired) electrons. The highest BCUT2D eigenvalue weighted by Gasteiger charge is 2.40. The van der Waals surface area contributed by atoms with E-state index in [4.69, 9.17) is 4.42 Å². The van der Waals surface area contributed by atoms with Gasteiger partial charge in [0.15, 0.2) is 5.96 Å². The van der Waals surface area contributed by atoms with Crippen molar-refractivity contribution in [2.45, 2.75) is 50.7 Å². The summed E-state index contributed by atoms with van der Waals surface area (Å²) in [6, 6.07) is 3.58. The lowest BCUT2D eigenvalue weighted by Crippen LogP contribution is -2.57. The number of hydrogen-bond donors (Lipinski definition) is 3. The molecule has 0 amide bonds. The first-order chi connectivity index (χ1) is 13.1. The second kappa shape index (κ2) is 11.1. The first-order valence-electron chi connectivity index (χ1n) is 10.2. The summed E-state index contributed by atoms with van der Waals surface area (Å²) in [5, 5.41) is 17.5. The van der Waals surface area contributed by atoms with Gasteiger partial charge in [0.05, 0.1) is 12.8 Å². The molecule has 0 spiro atoms. The third-order valence-corrected chi connectivity index (χ3v) is 6.68. The summed E-state index contributed by atoms with van der Waals surface area (Å²) in [5.41, 5.74) is -0.859. The Labute approximate surface area is 190 Å². The van der Waals surface area contributed by atoms with Crippen molar-refractivity contribution in [2.75, 3.05) is 44.2 Å². The molecule has 1 unspecified atom stereocenters. The summed E-state index contributed by atoms with van der Waals surface area (Å²) in [7, 11) is 0. The number of halogens is 1. The van der Waals surface area contributed by atoms with Crippen LogP contribution in [0.15, 0.2) is 27.8 Å². The van der Waals surface area contributed by atoms with Crippen molar-refractivity contribution in [3.8, 4) is 0 Å². The summed E-state index contributed by atoms with van der Waals surface area (Å²) in [5.74, 6) is 3.78. The van der Waals surface area contributed by atoms with Gasteiger partial charge in [-0.15, -0.1) is 24.0 Å². The Balaban J connectivity index is 0.00000280. The predicted octanol–water partition coefficient (Wildman–Crippen LogP) is 3.02. The van der Waals surface area contributed by atoms with Crippen molar-refractivity contribution < 1.29 is 9.52 Å². The quantitative estimate of drug-likeness (QED) is 0.291. The minimum atomic E-state index is -1.11. The minimum absolute atomic E-state index is 0. The van der Waals surface area contributed by atoms with Gasteiger partial charge in [0, 0.05) is 43.2 Å². The van der Waals surface area contributed by atoms with E-state index in [0.717, 1.165) is 19.0 Å². The van der Waals surface area contributed by atoms with E-state index in [1.54, 1.807) is 25.3 Å². The minimum Gasteiger partial charge on any atom is -0.466 e. The molecule has 2 aliphatic rings. The van der Waals surface area contributed by atoms with Gasteiger partial charge in [-0.2, -0.15) is 11.8 Å². The smallest absolute Gasteiger partial charge is 0.191 e. The van der Waals surface area contributed by atoms with Gasteiger partial charge in [-0.3, -0.25) is 4.90 Å². The van der Waals surface area contributed by atoms with Crippen molar-refractivity contribution in [1.82, 2.24) is 15.5 Å². The third kappa shape index (κ3) is 6.03. The van der Waals surface area contributed by atoms with Crippen LogP contribution in [0.25, 0.3) is 0 Å².